The Morgan fingerprint density at radius 3 is 1.94 bits per heavy atom. The molecule has 19 heteroatoms. The zero-order chi connectivity index (χ0) is 35.1. The van der Waals surface area contributed by atoms with E-state index in [0.717, 1.165) is 25.7 Å². The number of hydrogen-bond acceptors (Lipinski definition) is 19. The molecule has 0 aromatic rings. The fourth-order valence-corrected chi connectivity index (χ4v) is 7.88. The lowest BCUT2D eigenvalue weighted by Gasteiger charge is -2.50. The van der Waals surface area contributed by atoms with Crippen molar-refractivity contribution in [1.29, 1.82) is 0 Å². The van der Waals surface area contributed by atoms with Crippen molar-refractivity contribution in [2.45, 2.75) is 161 Å². The van der Waals surface area contributed by atoms with Gasteiger partial charge in [-0.3, -0.25) is 0 Å². The second kappa shape index (κ2) is 16.1. The monoisotopic (exact) mass is 709 g/mol. The lowest BCUT2D eigenvalue weighted by Crippen LogP contribution is -2.69. The molecule has 6 aliphatic rings. The van der Waals surface area contributed by atoms with Crippen LogP contribution in [0.15, 0.2) is 0 Å². The SMILES string of the molecule is NC[C@H]1O[C@@H](O[C@H]2[C@@H](O)[C@H](O[C@H]3[C@H](O)[C@@H](N)C[C@@H](N)[C@@H]3O[C@H]3O[C@@H]4CO[C@@H](C5CCCCC5)O[C@H]4[C@H](O)[C@H]3N)O[C@@H]2CO)[C@@H](N)[C@H](O)[C@H]1O. The molecule has 20 atom stereocenters. The van der Waals surface area contributed by atoms with Gasteiger partial charge in [0.15, 0.2) is 25.2 Å². The van der Waals surface area contributed by atoms with Crippen molar-refractivity contribution in [1.82, 2.24) is 0 Å². The standard InChI is InChI=1S/C30H55N5O14/c31-7-13-19(38)20(39)16(34)28(43-13)48-24-14(8-36)44-30(22(24)41)49-26-18(37)11(32)6-12(33)23(26)46-29-17(35)21(40)25-15(45-29)9-42-27(47-25)10-4-2-1-3-5-10/h10-30,36-41H,1-9,31-35H2/t11-,12+,13+,14+,15+,16-,17+,18+,19-,20-,21+,22+,23-,24+,25+,26-,27+,28-,29+,30-/m0/s1. The van der Waals surface area contributed by atoms with Crippen molar-refractivity contribution in [3.05, 3.63) is 0 Å². The first kappa shape index (κ1) is 38.0. The second-order valence-corrected chi connectivity index (χ2v) is 14.2. The number of rotatable bonds is 9. The summed E-state index contributed by atoms with van der Waals surface area (Å²) in [6.07, 6.45) is -13.3. The van der Waals surface area contributed by atoms with Crippen LogP contribution in [-0.4, -0.2) is 173 Å². The summed E-state index contributed by atoms with van der Waals surface area (Å²) < 4.78 is 48.0. The van der Waals surface area contributed by atoms with Crippen LogP contribution in [-0.2, 0) is 37.9 Å². The predicted octanol–water partition coefficient (Wildman–Crippen LogP) is -5.89. The van der Waals surface area contributed by atoms with Gasteiger partial charge in [0.05, 0.1) is 31.4 Å². The minimum absolute atomic E-state index is 0.129. The van der Waals surface area contributed by atoms with Gasteiger partial charge in [0.1, 0.15) is 67.1 Å². The molecule has 0 radical (unpaired) electrons. The third-order valence-electron chi connectivity index (χ3n) is 10.9. The fraction of sp³-hybridized carbons (Fsp3) is 1.00. The van der Waals surface area contributed by atoms with Crippen LogP contribution in [0, 0.1) is 5.92 Å². The third kappa shape index (κ3) is 7.67. The Hall–Kier alpha value is -0.760. The molecule has 16 N–H and O–H groups in total. The van der Waals surface area contributed by atoms with Crippen LogP contribution < -0.4 is 28.7 Å². The number of ether oxygens (including phenoxy) is 8. The first-order valence-electron chi connectivity index (χ1n) is 17.4. The molecule has 0 amide bonds. The van der Waals surface area contributed by atoms with Crippen molar-refractivity contribution < 1.29 is 68.5 Å². The third-order valence-corrected chi connectivity index (χ3v) is 10.9. The van der Waals surface area contributed by atoms with Gasteiger partial charge in [-0.15, -0.1) is 0 Å². The number of aliphatic hydroxyl groups excluding tert-OH is 6. The van der Waals surface area contributed by atoms with Gasteiger partial charge >= 0.3 is 0 Å². The number of fused-ring (bicyclic) bond motifs is 1. The van der Waals surface area contributed by atoms with Crippen LogP contribution in [0.2, 0.25) is 0 Å². The van der Waals surface area contributed by atoms with Crippen molar-refractivity contribution in [3.63, 3.8) is 0 Å². The summed E-state index contributed by atoms with van der Waals surface area (Å²) >= 11 is 0. The Morgan fingerprint density at radius 2 is 1.24 bits per heavy atom. The van der Waals surface area contributed by atoms with Crippen LogP contribution in [0.5, 0.6) is 0 Å². The summed E-state index contributed by atoms with van der Waals surface area (Å²) in [7, 11) is 0. The molecule has 4 aliphatic heterocycles. The quantitative estimate of drug-likeness (QED) is 0.106. The van der Waals surface area contributed by atoms with Crippen LogP contribution in [0.1, 0.15) is 38.5 Å². The normalized spacial score (nSPS) is 53.0. The molecule has 0 unspecified atom stereocenters. The molecule has 4 saturated heterocycles. The van der Waals surface area contributed by atoms with E-state index in [1.165, 1.54) is 6.42 Å². The van der Waals surface area contributed by atoms with E-state index in [2.05, 4.69) is 0 Å². The molecule has 2 aliphatic carbocycles. The highest BCUT2D eigenvalue weighted by molar-refractivity contribution is 5.02. The van der Waals surface area contributed by atoms with E-state index >= 15 is 0 Å². The Bertz CT molecular complexity index is 1060. The van der Waals surface area contributed by atoms with Crippen molar-refractivity contribution in [2.24, 2.45) is 34.6 Å². The summed E-state index contributed by atoms with van der Waals surface area (Å²) in [4.78, 5) is 0. The minimum atomic E-state index is -1.58. The molecule has 49 heavy (non-hydrogen) atoms. The maximum absolute atomic E-state index is 11.3. The van der Waals surface area contributed by atoms with Crippen molar-refractivity contribution in [3.8, 4) is 0 Å². The van der Waals surface area contributed by atoms with Crippen LogP contribution >= 0.6 is 0 Å². The predicted molar refractivity (Wildman–Crippen MR) is 164 cm³/mol. The largest absolute Gasteiger partial charge is 0.394 e. The van der Waals surface area contributed by atoms with Crippen LogP contribution in [0.25, 0.3) is 0 Å². The molecular formula is C30H55N5O14. The molecule has 284 valence electrons. The molecule has 0 bridgehead atoms. The number of nitrogens with two attached hydrogens (primary N) is 5. The summed E-state index contributed by atoms with van der Waals surface area (Å²) in [6.45, 7) is -0.626. The van der Waals surface area contributed by atoms with Gasteiger partial charge < -0.3 is 97.2 Å². The van der Waals surface area contributed by atoms with Gasteiger partial charge in [0.2, 0.25) is 0 Å². The Balaban J connectivity index is 1.12. The topological polar surface area (TPSA) is 325 Å². The summed E-state index contributed by atoms with van der Waals surface area (Å²) in [5, 5.41) is 64.4. The lowest BCUT2D eigenvalue weighted by atomic mass is 9.84. The summed E-state index contributed by atoms with van der Waals surface area (Å²) in [5.74, 6) is 0.230. The van der Waals surface area contributed by atoms with Gasteiger partial charge in [0.25, 0.3) is 0 Å². The molecule has 0 aromatic carbocycles. The summed E-state index contributed by atoms with van der Waals surface area (Å²) in [6, 6.07) is -3.95. The maximum Gasteiger partial charge on any atom is 0.187 e. The van der Waals surface area contributed by atoms with Crippen LogP contribution in [0.3, 0.4) is 0 Å². The zero-order valence-corrected chi connectivity index (χ0v) is 27.3. The highest BCUT2D eigenvalue weighted by atomic mass is 16.8. The molecule has 0 aromatic heterocycles. The zero-order valence-electron chi connectivity index (χ0n) is 27.3. The Morgan fingerprint density at radius 1 is 0.612 bits per heavy atom. The molecule has 6 rings (SSSR count). The van der Waals surface area contributed by atoms with E-state index < -0.39 is 129 Å². The number of hydrogen-bond donors (Lipinski definition) is 11. The van der Waals surface area contributed by atoms with E-state index in [4.69, 9.17) is 66.6 Å². The molecular weight excluding hydrogens is 654 g/mol. The Kier molecular flexibility index (Phi) is 12.5. The van der Waals surface area contributed by atoms with Crippen LogP contribution in [0.4, 0.5) is 0 Å². The maximum atomic E-state index is 11.3. The van der Waals surface area contributed by atoms with Crippen molar-refractivity contribution in [2.75, 3.05) is 19.8 Å². The molecule has 4 heterocycles. The van der Waals surface area contributed by atoms with E-state index in [9.17, 15) is 30.6 Å². The average molecular weight is 710 g/mol. The first-order chi connectivity index (χ1) is 23.4. The highest BCUT2D eigenvalue weighted by Crippen LogP contribution is 2.37. The van der Waals surface area contributed by atoms with Gasteiger partial charge in [-0.1, -0.05) is 19.3 Å². The fourth-order valence-electron chi connectivity index (χ4n) is 7.88. The minimum Gasteiger partial charge on any atom is -0.394 e. The molecule has 0 spiro atoms. The van der Waals surface area contributed by atoms with Gasteiger partial charge in [-0.25, -0.2) is 0 Å². The van der Waals surface area contributed by atoms with Gasteiger partial charge in [0, 0.05) is 24.5 Å². The molecule has 2 saturated carbocycles. The smallest absolute Gasteiger partial charge is 0.187 e. The second-order valence-electron chi connectivity index (χ2n) is 14.2. The molecule has 19 nitrogen and oxygen atoms in total. The summed E-state index contributed by atoms with van der Waals surface area (Å²) in [5.41, 5.74) is 30.8. The average Bonchev–Trinajstić information content (AvgIpc) is 3.40. The molecule has 6 fully saturated rings. The highest BCUT2D eigenvalue weighted by Gasteiger charge is 2.55. The lowest BCUT2D eigenvalue weighted by molar-refractivity contribution is -0.360. The van der Waals surface area contributed by atoms with Gasteiger partial charge in [-0.2, -0.15) is 0 Å². The van der Waals surface area contributed by atoms with Crippen molar-refractivity contribution >= 4 is 0 Å². The van der Waals surface area contributed by atoms with Gasteiger partial charge in [-0.05, 0) is 19.3 Å². The van der Waals surface area contributed by atoms with E-state index in [0.29, 0.717) is 0 Å². The van der Waals surface area contributed by atoms with E-state index in [1.54, 1.807) is 0 Å². The van der Waals surface area contributed by atoms with E-state index in [1.807, 2.05) is 0 Å². The van der Waals surface area contributed by atoms with E-state index in [-0.39, 0.29) is 25.5 Å². The first-order valence-corrected chi connectivity index (χ1v) is 17.4. The number of aliphatic hydroxyl groups is 6. The Labute approximate surface area is 284 Å².